The SMILES string of the molecule is Cc1c(C(=O)NC2CCC(NC(=O)OC(C)(C)C)CC2)c2nccc(-c3cc(F)ccc3OCC3CC3)c2n1COCC[Si](C)(C)C. The quantitative estimate of drug-likeness (QED) is 0.151. The molecule has 0 atom stereocenters. The molecule has 2 aliphatic carbocycles. The Kier molecular flexibility index (Phi) is 10.7. The number of hydrogen-bond acceptors (Lipinski definition) is 6. The van der Waals surface area contributed by atoms with Crippen LogP contribution in [0.1, 0.15) is 75.3 Å². The molecular formula is C36H51FN4O5Si. The second-order valence-electron chi connectivity index (χ2n) is 15.4. The summed E-state index contributed by atoms with van der Waals surface area (Å²) in [6.07, 6.45) is 6.49. The summed E-state index contributed by atoms with van der Waals surface area (Å²) in [5.41, 5.74) is 3.30. The van der Waals surface area contributed by atoms with Crippen molar-refractivity contribution in [3.63, 3.8) is 0 Å². The molecule has 47 heavy (non-hydrogen) atoms. The van der Waals surface area contributed by atoms with E-state index in [1.165, 1.54) is 12.1 Å². The fourth-order valence-electron chi connectivity index (χ4n) is 6.01. The van der Waals surface area contributed by atoms with Crippen LogP contribution in [0.4, 0.5) is 9.18 Å². The number of carbonyl (C=O) groups excluding carboxylic acids is 2. The smallest absolute Gasteiger partial charge is 0.407 e. The lowest BCUT2D eigenvalue weighted by molar-refractivity contribution is 0.0487. The van der Waals surface area contributed by atoms with Crippen molar-refractivity contribution in [1.29, 1.82) is 0 Å². The molecule has 3 aromatic rings. The van der Waals surface area contributed by atoms with Crippen molar-refractivity contribution in [2.24, 2.45) is 5.92 Å². The van der Waals surface area contributed by atoms with E-state index in [9.17, 15) is 14.0 Å². The van der Waals surface area contributed by atoms with E-state index in [2.05, 4.69) is 30.3 Å². The third-order valence-corrected chi connectivity index (χ3v) is 10.5. The standard InChI is InChI=1S/C36H51FN4O5Si/c1-23-31(34(42)39-26-11-13-27(14-12-26)40-35(43)46-36(2,3)4)32-33(41(23)22-44-18-19-47(5,6)7)28(16-17-38-32)29-20-25(37)10-15-30(29)45-21-24-8-9-24/h10,15-17,20,24,26-27H,8-9,11-14,18-19,21-22H2,1-7H3,(H,39,42)(H,40,43). The van der Waals surface area contributed by atoms with Gasteiger partial charge in [-0.05, 0) is 102 Å². The lowest BCUT2D eigenvalue weighted by Gasteiger charge is -2.30. The van der Waals surface area contributed by atoms with Crippen molar-refractivity contribution in [2.45, 2.75) is 116 Å². The molecule has 2 fully saturated rings. The van der Waals surface area contributed by atoms with E-state index in [0.717, 1.165) is 61.3 Å². The first kappa shape index (κ1) is 34.9. The number of amides is 2. The Hall–Kier alpha value is -3.44. The van der Waals surface area contributed by atoms with Crippen LogP contribution < -0.4 is 15.4 Å². The van der Waals surface area contributed by atoms with Gasteiger partial charge in [-0.1, -0.05) is 19.6 Å². The molecule has 5 rings (SSSR count). The Balaban J connectivity index is 1.41. The molecule has 2 heterocycles. The van der Waals surface area contributed by atoms with Gasteiger partial charge in [0.2, 0.25) is 0 Å². The number of alkyl carbamates (subject to hydrolysis) is 1. The number of ether oxygens (including phenoxy) is 3. The average molecular weight is 667 g/mol. The normalized spacial score (nSPS) is 18.6. The lowest BCUT2D eigenvalue weighted by atomic mass is 9.91. The summed E-state index contributed by atoms with van der Waals surface area (Å²) in [4.78, 5) is 31.0. The zero-order valence-corrected chi connectivity index (χ0v) is 30.0. The van der Waals surface area contributed by atoms with Gasteiger partial charge in [0.15, 0.2) is 0 Å². The Bertz CT molecular complexity index is 1580. The van der Waals surface area contributed by atoms with Gasteiger partial charge >= 0.3 is 6.09 Å². The van der Waals surface area contributed by atoms with Gasteiger partial charge in [0, 0.05) is 49.8 Å². The molecule has 0 radical (unpaired) electrons. The number of carbonyl (C=O) groups is 2. The number of pyridine rings is 1. The highest BCUT2D eigenvalue weighted by Gasteiger charge is 2.30. The van der Waals surface area contributed by atoms with Gasteiger partial charge in [0.1, 0.15) is 29.4 Å². The number of benzene rings is 1. The minimum Gasteiger partial charge on any atom is -0.493 e. The first-order chi connectivity index (χ1) is 22.2. The van der Waals surface area contributed by atoms with Crippen molar-refractivity contribution in [1.82, 2.24) is 20.2 Å². The third kappa shape index (κ3) is 9.34. The molecule has 0 bridgehead atoms. The van der Waals surface area contributed by atoms with E-state index in [1.54, 1.807) is 12.3 Å². The van der Waals surface area contributed by atoms with Gasteiger partial charge in [-0.3, -0.25) is 9.78 Å². The van der Waals surface area contributed by atoms with E-state index in [0.29, 0.717) is 41.5 Å². The number of nitrogens with zero attached hydrogens (tertiary/aromatic N) is 2. The maximum absolute atomic E-state index is 14.8. The molecule has 256 valence electrons. The molecule has 9 nitrogen and oxygen atoms in total. The van der Waals surface area contributed by atoms with Crippen LogP contribution in [0, 0.1) is 18.7 Å². The molecule has 2 saturated carbocycles. The number of aromatic nitrogens is 2. The van der Waals surface area contributed by atoms with Crippen molar-refractivity contribution in [2.75, 3.05) is 13.2 Å². The number of hydrogen-bond donors (Lipinski definition) is 2. The number of nitrogens with one attached hydrogen (secondary N) is 2. The fourth-order valence-corrected chi connectivity index (χ4v) is 6.77. The lowest BCUT2D eigenvalue weighted by Crippen LogP contribution is -2.45. The second kappa shape index (κ2) is 14.4. The van der Waals surface area contributed by atoms with Gasteiger partial charge in [-0.2, -0.15) is 0 Å². The van der Waals surface area contributed by atoms with E-state index in [-0.39, 0.29) is 30.5 Å². The van der Waals surface area contributed by atoms with Crippen LogP contribution >= 0.6 is 0 Å². The first-order valence-electron chi connectivity index (χ1n) is 17.0. The van der Waals surface area contributed by atoms with Gasteiger partial charge in [-0.25, -0.2) is 9.18 Å². The Morgan fingerprint density at radius 1 is 1.00 bits per heavy atom. The van der Waals surface area contributed by atoms with Crippen molar-refractivity contribution < 1.29 is 28.2 Å². The van der Waals surface area contributed by atoms with E-state index in [1.807, 2.05) is 38.3 Å². The monoisotopic (exact) mass is 666 g/mol. The molecule has 0 saturated heterocycles. The second-order valence-corrected chi connectivity index (χ2v) is 21.0. The highest BCUT2D eigenvalue weighted by Crippen LogP contribution is 2.39. The van der Waals surface area contributed by atoms with Crippen LogP contribution in [0.5, 0.6) is 5.75 Å². The predicted molar refractivity (Wildman–Crippen MR) is 185 cm³/mol. The highest BCUT2D eigenvalue weighted by atomic mass is 28.3. The predicted octanol–water partition coefficient (Wildman–Crippen LogP) is 7.82. The van der Waals surface area contributed by atoms with Crippen molar-refractivity contribution in [3.05, 3.63) is 47.5 Å². The molecule has 1 aromatic carbocycles. The molecule has 0 spiro atoms. The van der Waals surface area contributed by atoms with Crippen LogP contribution in [-0.4, -0.2) is 60.5 Å². The summed E-state index contributed by atoms with van der Waals surface area (Å²) in [5.74, 6) is 0.582. The number of rotatable bonds is 12. The molecule has 2 aliphatic rings. The number of halogens is 1. The summed E-state index contributed by atoms with van der Waals surface area (Å²) >= 11 is 0. The maximum Gasteiger partial charge on any atom is 0.407 e. The Morgan fingerprint density at radius 2 is 1.68 bits per heavy atom. The molecule has 0 unspecified atom stereocenters. The fraction of sp³-hybridized carbons (Fsp3) is 0.583. The van der Waals surface area contributed by atoms with Crippen LogP contribution in [0.25, 0.3) is 22.2 Å². The maximum atomic E-state index is 14.8. The van der Waals surface area contributed by atoms with Crippen molar-refractivity contribution in [3.8, 4) is 16.9 Å². The summed E-state index contributed by atoms with van der Waals surface area (Å²) in [6.45, 7) is 15.8. The highest BCUT2D eigenvalue weighted by molar-refractivity contribution is 6.76. The van der Waals surface area contributed by atoms with E-state index in [4.69, 9.17) is 19.2 Å². The molecule has 2 N–H and O–H groups in total. The van der Waals surface area contributed by atoms with Crippen LogP contribution in [-0.2, 0) is 16.2 Å². The third-order valence-electron chi connectivity index (χ3n) is 8.83. The minimum atomic E-state index is -1.32. The Morgan fingerprint density at radius 3 is 2.32 bits per heavy atom. The Labute approximate surface area is 279 Å². The largest absolute Gasteiger partial charge is 0.493 e. The molecule has 2 amide bonds. The topological polar surface area (TPSA) is 104 Å². The van der Waals surface area contributed by atoms with Crippen LogP contribution in [0.3, 0.4) is 0 Å². The zero-order valence-electron chi connectivity index (χ0n) is 29.0. The van der Waals surface area contributed by atoms with Gasteiger partial charge in [0.05, 0.1) is 17.7 Å². The molecule has 0 aliphatic heterocycles. The van der Waals surface area contributed by atoms with Crippen LogP contribution in [0.15, 0.2) is 30.5 Å². The van der Waals surface area contributed by atoms with Gasteiger partial charge < -0.3 is 29.4 Å². The first-order valence-corrected chi connectivity index (χ1v) is 20.7. The molecular weight excluding hydrogens is 616 g/mol. The summed E-state index contributed by atoms with van der Waals surface area (Å²) in [6, 6.07) is 7.44. The summed E-state index contributed by atoms with van der Waals surface area (Å²) in [5, 5.41) is 6.21. The summed E-state index contributed by atoms with van der Waals surface area (Å²) in [7, 11) is -1.32. The number of fused-ring (bicyclic) bond motifs is 1. The van der Waals surface area contributed by atoms with Crippen molar-refractivity contribution >= 4 is 31.1 Å². The zero-order chi connectivity index (χ0) is 33.9. The average Bonchev–Trinajstić information content (AvgIpc) is 3.76. The minimum absolute atomic E-state index is 0.00165. The summed E-state index contributed by atoms with van der Waals surface area (Å²) < 4.78 is 34.6. The van der Waals surface area contributed by atoms with Crippen LogP contribution in [0.2, 0.25) is 25.7 Å². The molecule has 2 aromatic heterocycles. The van der Waals surface area contributed by atoms with Gasteiger partial charge in [0.25, 0.3) is 5.91 Å². The molecule has 11 heteroatoms. The van der Waals surface area contributed by atoms with E-state index >= 15 is 0 Å². The van der Waals surface area contributed by atoms with E-state index < -0.39 is 19.8 Å². The van der Waals surface area contributed by atoms with Gasteiger partial charge in [-0.15, -0.1) is 0 Å².